The number of nitrogens with one attached hydrogen (secondary N) is 1. The van der Waals surface area contributed by atoms with Crippen LogP contribution in [-0.4, -0.2) is 38.7 Å². The zero-order valence-corrected chi connectivity index (χ0v) is 13.4. The smallest absolute Gasteiger partial charge is 0.165 e. The van der Waals surface area contributed by atoms with Crippen LogP contribution in [-0.2, 0) is 0 Å². The van der Waals surface area contributed by atoms with Crippen LogP contribution in [0, 0.1) is 11.7 Å². The number of benzene rings is 1. The number of methoxy groups -OCH3 is 1. The van der Waals surface area contributed by atoms with Gasteiger partial charge in [0, 0.05) is 18.6 Å². The molecule has 0 radical (unpaired) electrons. The van der Waals surface area contributed by atoms with Crippen molar-refractivity contribution in [2.45, 2.75) is 32.9 Å². The van der Waals surface area contributed by atoms with E-state index in [2.05, 4.69) is 45.1 Å². The summed E-state index contributed by atoms with van der Waals surface area (Å²) in [6.45, 7) is 7.41. The van der Waals surface area contributed by atoms with Gasteiger partial charge in [0.2, 0.25) is 0 Å². The maximum absolute atomic E-state index is 13.8. The molecule has 2 unspecified atom stereocenters. The number of ether oxygens (including phenoxy) is 1. The fourth-order valence-corrected chi connectivity index (χ4v) is 2.22. The van der Waals surface area contributed by atoms with Crippen LogP contribution in [0.1, 0.15) is 32.4 Å². The van der Waals surface area contributed by atoms with E-state index in [1.54, 1.807) is 12.1 Å². The summed E-state index contributed by atoms with van der Waals surface area (Å²) in [5.41, 5.74) is 0.938. The van der Waals surface area contributed by atoms with E-state index in [1.807, 2.05) is 6.07 Å². The molecule has 0 amide bonds. The molecule has 0 fully saturated rings. The number of rotatable bonds is 7. The van der Waals surface area contributed by atoms with Crippen LogP contribution in [0.2, 0.25) is 0 Å². The molecule has 0 heterocycles. The molecule has 0 aliphatic heterocycles. The van der Waals surface area contributed by atoms with Gasteiger partial charge in [0.15, 0.2) is 11.6 Å². The van der Waals surface area contributed by atoms with Gasteiger partial charge in [-0.25, -0.2) is 4.39 Å². The van der Waals surface area contributed by atoms with Gasteiger partial charge in [-0.2, -0.15) is 0 Å². The lowest BCUT2D eigenvalue weighted by molar-refractivity contribution is 0.273. The third-order valence-corrected chi connectivity index (χ3v) is 3.51. The van der Waals surface area contributed by atoms with Crippen molar-refractivity contribution in [2.75, 3.05) is 27.7 Å². The van der Waals surface area contributed by atoms with Crippen LogP contribution >= 0.6 is 0 Å². The lowest BCUT2D eigenvalue weighted by atomic mass is 10.0. The lowest BCUT2D eigenvalue weighted by Crippen LogP contribution is -2.43. The van der Waals surface area contributed by atoms with Gasteiger partial charge < -0.3 is 15.0 Å². The first kappa shape index (κ1) is 16.9. The molecule has 4 heteroatoms. The Bertz CT molecular complexity index is 421. The second-order valence-corrected chi connectivity index (χ2v) is 5.90. The molecule has 0 aromatic heterocycles. The molecule has 0 saturated heterocycles. The highest BCUT2D eigenvalue weighted by molar-refractivity contribution is 5.30. The first-order chi connectivity index (χ1) is 9.35. The van der Waals surface area contributed by atoms with E-state index in [0.717, 1.165) is 12.1 Å². The van der Waals surface area contributed by atoms with Crippen molar-refractivity contribution in [3.63, 3.8) is 0 Å². The Labute approximate surface area is 122 Å². The summed E-state index contributed by atoms with van der Waals surface area (Å²) >= 11 is 0. The highest BCUT2D eigenvalue weighted by Crippen LogP contribution is 2.22. The van der Waals surface area contributed by atoms with E-state index >= 15 is 0 Å². The van der Waals surface area contributed by atoms with Crippen LogP contribution in [0.15, 0.2) is 18.2 Å². The number of hydrogen-bond acceptors (Lipinski definition) is 3. The zero-order valence-electron chi connectivity index (χ0n) is 13.4. The van der Waals surface area contributed by atoms with Crippen molar-refractivity contribution >= 4 is 0 Å². The topological polar surface area (TPSA) is 24.5 Å². The van der Waals surface area contributed by atoms with E-state index in [9.17, 15) is 4.39 Å². The normalized spacial score (nSPS) is 14.7. The van der Waals surface area contributed by atoms with Crippen molar-refractivity contribution in [1.29, 1.82) is 0 Å². The number of halogens is 1. The summed E-state index contributed by atoms with van der Waals surface area (Å²) in [7, 11) is 5.61. The third-order valence-electron chi connectivity index (χ3n) is 3.51. The Morgan fingerprint density at radius 3 is 2.35 bits per heavy atom. The molecule has 0 aliphatic carbocycles. The van der Waals surface area contributed by atoms with Gasteiger partial charge in [-0.3, -0.25) is 0 Å². The Morgan fingerprint density at radius 1 is 1.25 bits per heavy atom. The van der Waals surface area contributed by atoms with Gasteiger partial charge in [-0.1, -0.05) is 19.9 Å². The Kier molecular flexibility index (Phi) is 6.43. The molecular formula is C16H27FN2O. The van der Waals surface area contributed by atoms with E-state index < -0.39 is 0 Å². The maximum Gasteiger partial charge on any atom is 0.165 e. The molecule has 0 spiro atoms. The molecule has 3 nitrogen and oxygen atoms in total. The predicted octanol–water partition coefficient (Wildman–Crippen LogP) is 3.07. The van der Waals surface area contributed by atoms with E-state index in [0.29, 0.717) is 12.0 Å². The monoisotopic (exact) mass is 282 g/mol. The minimum Gasteiger partial charge on any atom is -0.494 e. The summed E-state index contributed by atoms with van der Waals surface area (Å²) in [4.78, 5) is 2.17. The summed E-state index contributed by atoms with van der Waals surface area (Å²) in [5.74, 6) is 0.491. The molecule has 20 heavy (non-hydrogen) atoms. The number of hydrogen-bond donors (Lipinski definition) is 1. The fraction of sp³-hybridized carbons (Fsp3) is 0.625. The van der Waals surface area contributed by atoms with E-state index in [4.69, 9.17) is 4.74 Å². The number of likely N-dealkylation sites (N-methyl/N-ethyl adjacent to an activating group) is 1. The molecule has 1 aromatic rings. The predicted molar refractivity (Wildman–Crippen MR) is 81.7 cm³/mol. The quantitative estimate of drug-likeness (QED) is 0.832. The van der Waals surface area contributed by atoms with E-state index in [-0.39, 0.29) is 17.6 Å². The summed E-state index contributed by atoms with van der Waals surface area (Å²) < 4.78 is 18.7. The Balaban J connectivity index is 2.78. The Hall–Kier alpha value is -1.13. The Morgan fingerprint density at radius 2 is 1.90 bits per heavy atom. The molecular weight excluding hydrogens is 255 g/mol. The van der Waals surface area contributed by atoms with Crippen LogP contribution in [0.3, 0.4) is 0 Å². The second-order valence-electron chi connectivity index (χ2n) is 5.90. The lowest BCUT2D eigenvalue weighted by Gasteiger charge is -2.29. The highest BCUT2D eigenvalue weighted by atomic mass is 19.1. The average molecular weight is 282 g/mol. The van der Waals surface area contributed by atoms with Gasteiger partial charge in [0.1, 0.15) is 0 Å². The zero-order chi connectivity index (χ0) is 15.3. The van der Waals surface area contributed by atoms with Crippen LogP contribution in [0.25, 0.3) is 0 Å². The first-order valence-electron chi connectivity index (χ1n) is 7.09. The van der Waals surface area contributed by atoms with Crippen molar-refractivity contribution in [1.82, 2.24) is 10.2 Å². The van der Waals surface area contributed by atoms with Gasteiger partial charge >= 0.3 is 0 Å². The maximum atomic E-state index is 13.8. The van der Waals surface area contributed by atoms with Gasteiger partial charge in [-0.15, -0.1) is 0 Å². The van der Waals surface area contributed by atoms with Crippen molar-refractivity contribution in [2.24, 2.45) is 5.92 Å². The molecule has 2 atom stereocenters. The molecule has 1 aromatic carbocycles. The largest absolute Gasteiger partial charge is 0.494 e. The van der Waals surface area contributed by atoms with E-state index in [1.165, 1.54) is 7.11 Å². The summed E-state index contributed by atoms with van der Waals surface area (Å²) in [5, 5.41) is 3.58. The molecule has 0 bridgehead atoms. The van der Waals surface area contributed by atoms with Crippen molar-refractivity contribution in [3.05, 3.63) is 29.6 Å². The second kappa shape index (κ2) is 7.60. The number of nitrogens with zero attached hydrogens (tertiary/aromatic N) is 1. The third kappa shape index (κ3) is 4.76. The summed E-state index contributed by atoms with van der Waals surface area (Å²) in [6, 6.07) is 5.60. The van der Waals surface area contributed by atoms with Gasteiger partial charge in [0.25, 0.3) is 0 Å². The van der Waals surface area contributed by atoms with Gasteiger partial charge in [0.05, 0.1) is 7.11 Å². The highest BCUT2D eigenvalue weighted by Gasteiger charge is 2.18. The standard InChI is InChI=1S/C16H27FN2O/c1-11(2)15(10-19(4)5)18-12(3)13-7-8-16(20-6)14(17)9-13/h7-9,11-12,15,18H,10H2,1-6H3. The van der Waals surface area contributed by atoms with Crippen molar-refractivity contribution in [3.8, 4) is 5.75 Å². The minimum atomic E-state index is -0.313. The molecule has 114 valence electrons. The van der Waals surface area contributed by atoms with Gasteiger partial charge in [-0.05, 0) is 44.6 Å². The molecule has 1 rings (SSSR count). The van der Waals surface area contributed by atoms with Crippen molar-refractivity contribution < 1.29 is 9.13 Å². The SMILES string of the molecule is COc1ccc(C(C)NC(CN(C)C)C(C)C)cc1F. The summed E-state index contributed by atoms with van der Waals surface area (Å²) in [6.07, 6.45) is 0. The van der Waals surface area contributed by atoms with Crippen LogP contribution < -0.4 is 10.1 Å². The molecule has 1 N–H and O–H groups in total. The minimum absolute atomic E-state index is 0.0998. The van der Waals surface area contributed by atoms with Crippen LogP contribution in [0.4, 0.5) is 4.39 Å². The molecule has 0 saturated carbocycles. The fourth-order valence-electron chi connectivity index (χ4n) is 2.22. The average Bonchev–Trinajstić information content (AvgIpc) is 2.37. The molecule has 0 aliphatic rings. The first-order valence-corrected chi connectivity index (χ1v) is 7.09. The van der Waals surface area contributed by atoms with Crippen LogP contribution in [0.5, 0.6) is 5.75 Å².